The standard InChI is InChI=1S/C15H21N3O.2C2HF3O2/c1-12-9-16-15(17-12)11-18(3)10-13(2)19-14-7-5-4-6-8-14;2*3-2(4,5)1(6)7/h4-9,13H,10-11H2,1-3H3,(H,16,17);2*(H,6,7). The van der Waals surface area contributed by atoms with Crippen molar-refractivity contribution in [1.82, 2.24) is 14.9 Å². The Morgan fingerprint density at radius 3 is 1.88 bits per heavy atom. The normalized spacial score (nSPS) is 12.1. The van der Waals surface area contributed by atoms with Gasteiger partial charge in [0.2, 0.25) is 0 Å². The number of carboxylic acids is 2. The fourth-order valence-corrected chi connectivity index (χ4v) is 2.08. The van der Waals surface area contributed by atoms with Gasteiger partial charge in [0.05, 0.1) is 6.54 Å². The smallest absolute Gasteiger partial charge is 0.489 e. The highest BCUT2D eigenvalue weighted by Gasteiger charge is 2.38. The zero-order chi connectivity index (χ0) is 25.8. The van der Waals surface area contributed by atoms with Crippen molar-refractivity contribution >= 4 is 11.9 Å². The Morgan fingerprint density at radius 1 is 1.06 bits per heavy atom. The maximum atomic E-state index is 10.6. The van der Waals surface area contributed by atoms with Crippen LogP contribution in [0.25, 0.3) is 0 Å². The Bertz CT molecular complexity index is 832. The third-order valence-corrected chi connectivity index (χ3v) is 3.31. The van der Waals surface area contributed by atoms with Crippen molar-refractivity contribution in [3.05, 3.63) is 48.0 Å². The number of nitrogens with zero attached hydrogens (tertiary/aromatic N) is 2. The molecule has 0 saturated carbocycles. The van der Waals surface area contributed by atoms with Crippen LogP contribution in [-0.4, -0.2) is 69.1 Å². The van der Waals surface area contributed by atoms with Gasteiger partial charge < -0.3 is 19.9 Å². The Hall–Kier alpha value is -3.29. The summed E-state index contributed by atoms with van der Waals surface area (Å²) in [7, 11) is 2.07. The van der Waals surface area contributed by atoms with Gasteiger partial charge in [0.25, 0.3) is 0 Å². The lowest BCUT2D eigenvalue weighted by molar-refractivity contribution is -0.193. The molecule has 0 amide bonds. The van der Waals surface area contributed by atoms with E-state index in [1.54, 1.807) is 0 Å². The summed E-state index contributed by atoms with van der Waals surface area (Å²) in [6.07, 6.45) is -8.17. The number of carboxylic acid groups (broad SMARTS) is 2. The van der Waals surface area contributed by atoms with E-state index >= 15 is 0 Å². The topological polar surface area (TPSA) is 116 Å². The average Bonchev–Trinajstić information content (AvgIpc) is 3.06. The van der Waals surface area contributed by atoms with E-state index in [9.17, 15) is 26.3 Å². The zero-order valence-electron chi connectivity index (χ0n) is 17.7. The molecule has 8 nitrogen and oxygen atoms in total. The van der Waals surface area contributed by atoms with Crippen LogP contribution in [0.15, 0.2) is 36.5 Å². The Labute approximate surface area is 184 Å². The quantitative estimate of drug-likeness (QED) is 0.530. The first-order chi connectivity index (χ1) is 15.0. The van der Waals surface area contributed by atoms with Gasteiger partial charge in [-0.2, -0.15) is 26.3 Å². The number of hydrogen-bond donors (Lipinski definition) is 3. The highest BCUT2D eigenvalue weighted by atomic mass is 19.4. The summed E-state index contributed by atoms with van der Waals surface area (Å²) in [6, 6.07) is 9.91. The molecule has 2 aromatic rings. The summed E-state index contributed by atoms with van der Waals surface area (Å²) < 4.78 is 69.3. The number of aliphatic carboxylic acids is 2. The molecule has 0 fully saturated rings. The summed E-state index contributed by atoms with van der Waals surface area (Å²) >= 11 is 0. The number of aromatic nitrogens is 2. The highest BCUT2D eigenvalue weighted by molar-refractivity contribution is 5.73. The largest absolute Gasteiger partial charge is 0.490 e. The molecule has 0 aliphatic carbocycles. The number of ether oxygens (including phenoxy) is 1. The van der Waals surface area contributed by atoms with Gasteiger partial charge in [-0.05, 0) is 33.0 Å². The number of nitrogens with one attached hydrogen (secondary N) is 1. The summed E-state index contributed by atoms with van der Waals surface area (Å²) in [6.45, 7) is 5.75. The number of imidazole rings is 1. The molecule has 0 aliphatic heterocycles. The van der Waals surface area contributed by atoms with Crippen molar-refractivity contribution < 1.29 is 50.9 Å². The van der Waals surface area contributed by atoms with Crippen LogP contribution in [-0.2, 0) is 16.1 Å². The van der Waals surface area contributed by atoms with Crippen molar-refractivity contribution in [3.8, 4) is 5.75 Å². The molecule has 0 bridgehead atoms. The van der Waals surface area contributed by atoms with E-state index in [2.05, 4.69) is 28.8 Å². The number of hydrogen-bond acceptors (Lipinski definition) is 5. The molecule has 0 radical (unpaired) electrons. The van der Waals surface area contributed by atoms with Crippen LogP contribution < -0.4 is 4.74 Å². The molecule has 0 spiro atoms. The average molecular weight is 487 g/mol. The van der Waals surface area contributed by atoms with Crippen molar-refractivity contribution in [3.63, 3.8) is 0 Å². The predicted molar refractivity (Wildman–Crippen MR) is 104 cm³/mol. The van der Waals surface area contributed by atoms with Crippen LogP contribution in [0, 0.1) is 6.92 Å². The first-order valence-electron chi connectivity index (χ1n) is 9.03. The number of carbonyl (C=O) groups is 2. The van der Waals surface area contributed by atoms with Crippen LogP contribution in [0.2, 0.25) is 0 Å². The van der Waals surface area contributed by atoms with Crippen LogP contribution in [0.5, 0.6) is 5.75 Å². The highest BCUT2D eigenvalue weighted by Crippen LogP contribution is 2.14. The minimum Gasteiger partial charge on any atom is -0.489 e. The molecule has 1 aromatic carbocycles. The third-order valence-electron chi connectivity index (χ3n) is 3.31. The van der Waals surface area contributed by atoms with Crippen LogP contribution in [0.1, 0.15) is 18.4 Å². The fraction of sp³-hybridized carbons (Fsp3) is 0.421. The number of aromatic amines is 1. The van der Waals surface area contributed by atoms with E-state index in [0.717, 1.165) is 30.4 Å². The van der Waals surface area contributed by atoms with Crippen molar-refractivity contribution in [1.29, 1.82) is 0 Å². The van der Waals surface area contributed by atoms with Gasteiger partial charge in [0, 0.05) is 18.4 Å². The Morgan fingerprint density at radius 2 is 1.52 bits per heavy atom. The molecule has 0 saturated heterocycles. The molecule has 33 heavy (non-hydrogen) atoms. The predicted octanol–water partition coefficient (Wildman–Crippen LogP) is 3.88. The van der Waals surface area contributed by atoms with Gasteiger partial charge in [0.15, 0.2) is 0 Å². The minimum absolute atomic E-state index is 0.142. The molecule has 3 N–H and O–H groups in total. The van der Waals surface area contributed by atoms with Crippen molar-refractivity contribution in [2.45, 2.75) is 38.8 Å². The van der Waals surface area contributed by atoms with E-state index in [1.165, 1.54) is 0 Å². The lowest BCUT2D eigenvalue weighted by atomic mass is 10.3. The lowest BCUT2D eigenvalue weighted by Gasteiger charge is -2.21. The molecule has 1 aromatic heterocycles. The molecule has 0 aliphatic rings. The number of aryl methyl sites for hydroxylation is 1. The van der Waals surface area contributed by atoms with Crippen LogP contribution >= 0.6 is 0 Å². The van der Waals surface area contributed by atoms with E-state index in [-0.39, 0.29) is 6.10 Å². The summed E-state index contributed by atoms with van der Waals surface area (Å²) in [5.41, 5.74) is 1.09. The molecule has 1 heterocycles. The molecular formula is C19H23F6N3O5. The molecule has 2 rings (SSSR count). The maximum absolute atomic E-state index is 10.6. The second-order valence-corrected chi connectivity index (χ2v) is 6.56. The maximum Gasteiger partial charge on any atom is 0.490 e. The van der Waals surface area contributed by atoms with Crippen molar-refractivity contribution in [2.75, 3.05) is 13.6 Å². The van der Waals surface area contributed by atoms with Gasteiger partial charge in [-0.25, -0.2) is 14.6 Å². The molecule has 186 valence electrons. The summed E-state index contributed by atoms with van der Waals surface area (Å²) in [5.74, 6) is -3.61. The molecule has 1 atom stereocenters. The van der Waals surface area contributed by atoms with Gasteiger partial charge >= 0.3 is 24.3 Å². The second kappa shape index (κ2) is 13.3. The second-order valence-electron chi connectivity index (χ2n) is 6.56. The number of benzene rings is 1. The van der Waals surface area contributed by atoms with Gasteiger partial charge in [-0.3, -0.25) is 4.90 Å². The number of H-pyrrole nitrogens is 1. The van der Waals surface area contributed by atoms with Crippen LogP contribution in [0.4, 0.5) is 26.3 Å². The minimum atomic E-state index is -5.08. The van der Waals surface area contributed by atoms with Gasteiger partial charge in [0.1, 0.15) is 17.7 Å². The van der Waals surface area contributed by atoms with E-state index in [4.69, 9.17) is 24.5 Å². The van der Waals surface area contributed by atoms with E-state index in [0.29, 0.717) is 0 Å². The van der Waals surface area contributed by atoms with Crippen molar-refractivity contribution in [2.24, 2.45) is 0 Å². The number of alkyl halides is 6. The van der Waals surface area contributed by atoms with E-state index in [1.807, 2.05) is 43.5 Å². The molecule has 1 unspecified atom stereocenters. The Kier molecular flexibility index (Phi) is 12.0. The molecule has 14 heteroatoms. The Balaban J connectivity index is 0.000000605. The number of halogens is 6. The SMILES string of the molecule is Cc1cnc(CN(C)CC(C)Oc2ccccc2)[nH]1.O=C(O)C(F)(F)F.O=C(O)C(F)(F)F. The number of likely N-dealkylation sites (N-methyl/N-ethyl adjacent to an activating group) is 1. The number of para-hydroxylation sites is 1. The third kappa shape index (κ3) is 14.4. The van der Waals surface area contributed by atoms with Gasteiger partial charge in [-0.15, -0.1) is 0 Å². The summed E-state index contributed by atoms with van der Waals surface area (Å²) in [5, 5.41) is 14.2. The number of rotatable bonds is 6. The monoisotopic (exact) mass is 487 g/mol. The lowest BCUT2D eigenvalue weighted by Crippen LogP contribution is -2.30. The first kappa shape index (κ1) is 29.7. The van der Waals surface area contributed by atoms with E-state index < -0.39 is 24.3 Å². The molecular weight excluding hydrogens is 464 g/mol. The first-order valence-corrected chi connectivity index (χ1v) is 9.03. The van der Waals surface area contributed by atoms with Crippen LogP contribution in [0.3, 0.4) is 0 Å². The zero-order valence-corrected chi connectivity index (χ0v) is 17.7. The van der Waals surface area contributed by atoms with Gasteiger partial charge in [-0.1, -0.05) is 18.2 Å². The summed E-state index contributed by atoms with van der Waals surface area (Å²) in [4.78, 5) is 27.5. The fourth-order valence-electron chi connectivity index (χ4n) is 2.08.